The number of halogens is 3. The van der Waals surface area contributed by atoms with E-state index in [9.17, 15) is 18.0 Å². The van der Waals surface area contributed by atoms with Gasteiger partial charge in [-0.15, -0.1) is 0 Å². The maximum absolute atomic E-state index is 11.8. The van der Waals surface area contributed by atoms with E-state index < -0.39 is 12.1 Å². The third-order valence-electron chi connectivity index (χ3n) is 1.88. The normalized spacial score (nSPS) is 11.2. The summed E-state index contributed by atoms with van der Waals surface area (Å²) in [6.45, 7) is -0.409. The molecule has 0 saturated heterocycles. The molecule has 1 aromatic carbocycles. The molecule has 0 saturated carbocycles. The molecule has 1 amide bonds. The van der Waals surface area contributed by atoms with Crippen LogP contribution in [0.1, 0.15) is 11.1 Å². The van der Waals surface area contributed by atoms with Crippen molar-refractivity contribution in [1.82, 2.24) is 5.32 Å². The van der Waals surface area contributed by atoms with Gasteiger partial charge in [0.2, 0.25) is 0 Å². The number of hydrogen-bond acceptors (Lipinski definition) is 2. The van der Waals surface area contributed by atoms with Crippen LogP contribution in [-0.2, 0) is 17.9 Å². The molecule has 0 fully saturated rings. The van der Waals surface area contributed by atoms with Gasteiger partial charge in [0.15, 0.2) is 0 Å². The van der Waals surface area contributed by atoms with Crippen molar-refractivity contribution in [2.24, 2.45) is 0 Å². The van der Waals surface area contributed by atoms with Crippen molar-refractivity contribution in [3.8, 4) is 0 Å². The monoisotopic (exact) mass is 233 g/mol. The number of aliphatic hydroxyl groups is 1. The summed E-state index contributed by atoms with van der Waals surface area (Å²) in [7, 11) is 0. The molecule has 0 heterocycles. The summed E-state index contributed by atoms with van der Waals surface area (Å²) in [6.07, 6.45) is -4.87. The predicted octanol–water partition coefficient (Wildman–Crippen LogP) is 1.36. The SMILES string of the molecule is O=C(NCc1cccc(CO)c1)C(F)(F)F. The third-order valence-corrected chi connectivity index (χ3v) is 1.88. The lowest BCUT2D eigenvalue weighted by molar-refractivity contribution is -0.173. The highest BCUT2D eigenvalue weighted by atomic mass is 19.4. The summed E-state index contributed by atoms with van der Waals surface area (Å²) in [4.78, 5) is 10.5. The van der Waals surface area contributed by atoms with E-state index in [0.717, 1.165) is 0 Å². The van der Waals surface area contributed by atoms with Crippen LogP contribution in [0.15, 0.2) is 24.3 Å². The quantitative estimate of drug-likeness (QED) is 0.828. The standard InChI is InChI=1S/C10H10F3NO2/c11-10(12,13)9(16)14-5-7-2-1-3-8(4-7)6-15/h1-4,15H,5-6H2,(H,14,16). The summed E-state index contributed by atoms with van der Waals surface area (Å²) in [6, 6.07) is 6.32. The lowest BCUT2D eigenvalue weighted by atomic mass is 10.1. The van der Waals surface area contributed by atoms with E-state index in [4.69, 9.17) is 5.11 Å². The molecule has 0 bridgehead atoms. The van der Waals surface area contributed by atoms with Crippen molar-refractivity contribution in [3.05, 3.63) is 35.4 Å². The number of hydrogen-bond donors (Lipinski definition) is 2. The van der Waals surface area contributed by atoms with Crippen LogP contribution < -0.4 is 5.32 Å². The number of alkyl halides is 3. The van der Waals surface area contributed by atoms with Gasteiger partial charge in [-0.05, 0) is 11.1 Å². The first kappa shape index (κ1) is 12.5. The highest BCUT2D eigenvalue weighted by Gasteiger charge is 2.38. The van der Waals surface area contributed by atoms with Crippen molar-refractivity contribution in [3.63, 3.8) is 0 Å². The average Bonchev–Trinajstić information content (AvgIpc) is 2.25. The first-order valence-corrected chi connectivity index (χ1v) is 4.47. The number of carbonyl (C=O) groups excluding carboxylic acids is 1. The van der Waals surface area contributed by atoms with Gasteiger partial charge >= 0.3 is 12.1 Å². The van der Waals surface area contributed by atoms with Gasteiger partial charge in [0, 0.05) is 6.54 Å². The summed E-state index contributed by atoms with van der Waals surface area (Å²) >= 11 is 0. The Morgan fingerprint density at radius 3 is 2.50 bits per heavy atom. The minimum absolute atomic E-state index is 0.193. The van der Waals surface area contributed by atoms with Gasteiger partial charge in [0.1, 0.15) is 0 Å². The summed E-state index contributed by atoms with van der Waals surface area (Å²) < 4.78 is 35.5. The third kappa shape index (κ3) is 3.54. The molecule has 0 aliphatic rings. The first-order chi connectivity index (χ1) is 7.43. The van der Waals surface area contributed by atoms with Crippen LogP contribution >= 0.6 is 0 Å². The van der Waals surface area contributed by atoms with Crippen LogP contribution in [0, 0.1) is 0 Å². The fraction of sp³-hybridized carbons (Fsp3) is 0.300. The molecule has 0 radical (unpaired) electrons. The highest BCUT2D eigenvalue weighted by molar-refractivity contribution is 5.81. The molecule has 16 heavy (non-hydrogen) atoms. The predicted molar refractivity (Wildman–Crippen MR) is 50.3 cm³/mol. The van der Waals surface area contributed by atoms with Crippen LogP contribution in [0.4, 0.5) is 13.2 Å². The number of nitrogens with one attached hydrogen (secondary N) is 1. The maximum atomic E-state index is 11.8. The van der Waals surface area contributed by atoms with E-state index >= 15 is 0 Å². The Hall–Kier alpha value is -1.56. The number of amides is 1. The minimum Gasteiger partial charge on any atom is -0.392 e. The van der Waals surface area contributed by atoms with Gasteiger partial charge in [0.05, 0.1) is 6.61 Å². The molecule has 3 nitrogen and oxygen atoms in total. The lowest BCUT2D eigenvalue weighted by Crippen LogP contribution is -2.36. The molecule has 0 aliphatic heterocycles. The first-order valence-electron chi connectivity index (χ1n) is 4.47. The Morgan fingerprint density at radius 2 is 1.94 bits per heavy atom. The van der Waals surface area contributed by atoms with Crippen LogP contribution in [0.2, 0.25) is 0 Å². The zero-order chi connectivity index (χ0) is 12.2. The molecule has 0 aliphatic carbocycles. The van der Waals surface area contributed by atoms with E-state index in [1.54, 1.807) is 23.5 Å². The average molecular weight is 233 g/mol. The number of aliphatic hydroxyl groups excluding tert-OH is 1. The smallest absolute Gasteiger partial charge is 0.392 e. The zero-order valence-corrected chi connectivity index (χ0v) is 8.21. The summed E-state index contributed by atoms with van der Waals surface area (Å²) in [5, 5.41) is 10.5. The van der Waals surface area contributed by atoms with E-state index in [1.165, 1.54) is 6.07 Å². The Kier molecular flexibility index (Phi) is 3.89. The van der Waals surface area contributed by atoms with Crippen LogP contribution in [0.25, 0.3) is 0 Å². The van der Waals surface area contributed by atoms with Gasteiger partial charge in [-0.3, -0.25) is 4.79 Å². The molecular weight excluding hydrogens is 223 g/mol. The van der Waals surface area contributed by atoms with E-state index in [1.807, 2.05) is 0 Å². The van der Waals surface area contributed by atoms with Crippen LogP contribution in [0.3, 0.4) is 0 Å². The van der Waals surface area contributed by atoms with Crippen LogP contribution in [0.5, 0.6) is 0 Å². The van der Waals surface area contributed by atoms with Gasteiger partial charge in [0.25, 0.3) is 0 Å². The maximum Gasteiger partial charge on any atom is 0.471 e. The van der Waals surface area contributed by atoms with Crippen molar-refractivity contribution >= 4 is 5.91 Å². The summed E-state index contributed by atoms with van der Waals surface area (Å²) in [5.74, 6) is -1.97. The largest absolute Gasteiger partial charge is 0.471 e. The number of carbonyl (C=O) groups is 1. The Balaban J connectivity index is 2.58. The topological polar surface area (TPSA) is 49.3 Å². The molecular formula is C10H10F3NO2. The van der Waals surface area contributed by atoms with Gasteiger partial charge in [-0.25, -0.2) is 0 Å². The second kappa shape index (κ2) is 4.98. The van der Waals surface area contributed by atoms with Crippen molar-refractivity contribution in [2.45, 2.75) is 19.3 Å². The van der Waals surface area contributed by atoms with Gasteiger partial charge < -0.3 is 10.4 Å². The highest BCUT2D eigenvalue weighted by Crippen LogP contribution is 2.14. The zero-order valence-electron chi connectivity index (χ0n) is 8.21. The fourth-order valence-electron chi connectivity index (χ4n) is 1.12. The van der Waals surface area contributed by atoms with Crippen molar-refractivity contribution in [2.75, 3.05) is 0 Å². The second-order valence-corrected chi connectivity index (χ2v) is 3.16. The molecule has 1 aromatic rings. The van der Waals surface area contributed by atoms with Crippen molar-refractivity contribution < 1.29 is 23.1 Å². The molecule has 0 unspecified atom stereocenters. The summed E-state index contributed by atoms with van der Waals surface area (Å²) in [5.41, 5.74) is 1.09. The molecule has 6 heteroatoms. The van der Waals surface area contributed by atoms with E-state index in [-0.39, 0.29) is 13.2 Å². The van der Waals surface area contributed by atoms with Gasteiger partial charge in [-0.1, -0.05) is 24.3 Å². The van der Waals surface area contributed by atoms with Crippen molar-refractivity contribution in [1.29, 1.82) is 0 Å². The van der Waals surface area contributed by atoms with Crippen LogP contribution in [-0.4, -0.2) is 17.2 Å². The molecule has 1 rings (SSSR count). The Morgan fingerprint density at radius 1 is 1.31 bits per heavy atom. The Labute approximate surface area is 89.9 Å². The number of benzene rings is 1. The fourth-order valence-corrected chi connectivity index (χ4v) is 1.12. The molecule has 0 spiro atoms. The molecule has 88 valence electrons. The molecule has 0 aromatic heterocycles. The molecule has 2 N–H and O–H groups in total. The molecule has 0 atom stereocenters. The minimum atomic E-state index is -4.87. The lowest BCUT2D eigenvalue weighted by Gasteiger charge is -2.08. The number of rotatable bonds is 3. The second-order valence-electron chi connectivity index (χ2n) is 3.16. The van der Waals surface area contributed by atoms with E-state index in [0.29, 0.717) is 11.1 Å². The van der Waals surface area contributed by atoms with E-state index in [2.05, 4.69) is 0 Å². The van der Waals surface area contributed by atoms with Gasteiger partial charge in [-0.2, -0.15) is 13.2 Å². The Bertz CT molecular complexity index is 377.